The summed E-state index contributed by atoms with van der Waals surface area (Å²) >= 11 is 0. The molecule has 0 radical (unpaired) electrons. The van der Waals surface area contributed by atoms with Gasteiger partial charge in [0.05, 0.1) is 13.2 Å². The summed E-state index contributed by atoms with van der Waals surface area (Å²) in [6.45, 7) is 3.51. The number of nitrogens with one attached hydrogen (secondary N) is 1. The number of hydrogen-bond donors (Lipinski definition) is 2. The molecule has 1 rings (SSSR count). The van der Waals surface area contributed by atoms with E-state index in [1.54, 1.807) is 7.11 Å². The Bertz CT molecular complexity index is 238. The summed E-state index contributed by atoms with van der Waals surface area (Å²) in [5.41, 5.74) is 2.68. The van der Waals surface area contributed by atoms with Crippen LogP contribution in [0.15, 0.2) is 4.99 Å². The average Bonchev–Trinajstić information content (AvgIpc) is 2.35. The Morgan fingerprint density at radius 3 is 2.71 bits per heavy atom. The summed E-state index contributed by atoms with van der Waals surface area (Å²) in [7, 11) is 5.87. The van der Waals surface area contributed by atoms with Crippen molar-refractivity contribution in [2.45, 2.75) is 18.9 Å². The van der Waals surface area contributed by atoms with E-state index < -0.39 is 0 Å². The van der Waals surface area contributed by atoms with E-state index in [2.05, 4.69) is 27.3 Å². The summed E-state index contributed by atoms with van der Waals surface area (Å²) in [6.07, 6.45) is 2.30. The van der Waals surface area contributed by atoms with Crippen molar-refractivity contribution >= 4 is 5.96 Å². The monoisotopic (exact) mass is 243 g/mol. The van der Waals surface area contributed by atoms with E-state index >= 15 is 0 Å². The van der Waals surface area contributed by atoms with Gasteiger partial charge in [0.2, 0.25) is 5.96 Å². The van der Waals surface area contributed by atoms with Crippen molar-refractivity contribution in [3.63, 3.8) is 0 Å². The van der Waals surface area contributed by atoms with Crippen molar-refractivity contribution < 1.29 is 4.74 Å². The summed E-state index contributed by atoms with van der Waals surface area (Å²) < 4.78 is 4.98. The highest BCUT2D eigenvalue weighted by molar-refractivity contribution is 5.79. The van der Waals surface area contributed by atoms with Gasteiger partial charge < -0.3 is 14.5 Å². The summed E-state index contributed by atoms with van der Waals surface area (Å²) in [5, 5.41) is 0. The first-order valence-corrected chi connectivity index (χ1v) is 6.10. The van der Waals surface area contributed by atoms with Crippen molar-refractivity contribution in [2.75, 3.05) is 47.4 Å². The van der Waals surface area contributed by atoms with Gasteiger partial charge in [-0.1, -0.05) is 0 Å². The molecule has 0 atom stereocenters. The lowest BCUT2D eigenvalue weighted by atomic mass is 10.0. The molecule has 1 aliphatic heterocycles. The maximum absolute atomic E-state index is 5.52. The number of piperidine rings is 1. The molecule has 0 amide bonds. The Morgan fingerprint density at radius 2 is 2.18 bits per heavy atom. The van der Waals surface area contributed by atoms with Crippen molar-refractivity contribution in [3.05, 3.63) is 0 Å². The van der Waals surface area contributed by atoms with Crippen LogP contribution in [0.2, 0.25) is 0 Å². The minimum atomic E-state index is 0.517. The van der Waals surface area contributed by atoms with Crippen LogP contribution in [0.3, 0.4) is 0 Å². The van der Waals surface area contributed by atoms with Crippen LogP contribution in [-0.2, 0) is 4.74 Å². The van der Waals surface area contributed by atoms with Crippen LogP contribution in [-0.4, -0.2) is 69.2 Å². The number of aliphatic imine (C=N–C) groups is 1. The minimum absolute atomic E-state index is 0.517. The molecule has 0 saturated carbocycles. The second-order valence-corrected chi connectivity index (χ2v) is 4.49. The lowest BCUT2D eigenvalue weighted by molar-refractivity contribution is 0.187. The minimum Gasteiger partial charge on any atom is -0.383 e. The topological polar surface area (TPSA) is 66.1 Å². The zero-order valence-corrected chi connectivity index (χ0v) is 11.1. The number of nitrogens with zero attached hydrogens (tertiary/aromatic N) is 3. The third-order valence-electron chi connectivity index (χ3n) is 3.26. The fraction of sp³-hybridized carbons (Fsp3) is 0.909. The Kier molecular flexibility index (Phi) is 6.25. The molecule has 1 heterocycles. The number of hydrogen-bond acceptors (Lipinski definition) is 4. The van der Waals surface area contributed by atoms with Crippen LogP contribution in [0.5, 0.6) is 0 Å². The Labute approximate surface area is 104 Å². The van der Waals surface area contributed by atoms with Gasteiger partial charge >= 0.3 is 0 Å². The van der Waals surface area contributed by atoms with Gasteiger partial charge in [0.25, 0.3) is 0 Å². The van der Waals surface area contributed by atoms with Gasteiger partial charge in [0.15, 0.2) is 0 Å². The standard InChI is InChI=1S/C11H25N5O/c1-15-7-4-10(5-8-15)16(2)11(14-12)13-6-9-17-3/h10H,4-9,12H2,1-3H3,(H,13,14). The largest absolute Gasteiger partial charge is 0.383 e. The molecule has 1 saturated heterocycles. The van der Waals surface area contributed by atoms with Gasteiger partial charge in [0.1, 0.15) is 0 Å². The Balaban J connectivity index is 2.47. The van der Waals surface area contributed by atoms with Gasteiger partial charge in [0, 0.05) is 20.2 Å². The first-order valence-electron chi connectivity index (χ1n) is 6.10. The van der Waals surface area contributed by atoms with Crippen LogP contribution >= 0.6 is 0 Å². The SMILES string of the molecule is COCCN=C(NN)N(C)C1CCN(C)CC1. The van der Waals surface area contributed by atoms with Crippen LogP contribution in [0.4, 0.5) is 0 Å². The number of ether oxygens (including phenoxy) is 1. The van der Waals surface area contributed by atoms with Gasteiger partial charge in [-0.25, -0.2) is 10.8 Å². The highest BCUT2D eigenvalue weighted by atomic mass is 16.5. The van der Waals surface area contributed by atoms with Crippen LogP contribution in [0, 0.1) is 0 Å². The normalized spacial score (nSPS) is 19.4. The van der Waals surface area contributed by atoms with E-state index in [1.807, 2.05) is 7.05 Å². The molecule has 0 aromatic heterocycles. The molecule has 1 fully saturated rings. The number of nitrogens with two attached hydrogens (primary N) is 1. The van der Waals surface area contributed by atoms with Gasteiger partial charge in [-0.3, -0.25) is 5.43 Å². The number of rotatable bonds is 4. The van der Waals surface area contributed by atoms with Gasteiger partial charge in [-0.2, -0.15) is 0 Å². The second-order valence-electron chi connectivity index (χ2n) is 4.49. The summed E-state index contributed by atoms with van der Waals surface area (Å²) in [6, 6.07) is 0.517. The number of hydrazine groups is 1. The van der Waals surface area contributed by atoms with Crippen LogP contribution in [0.1, 0.15) is 12.8 Å². The highest BCUT2D eigenvalue weighted by Crippen LogP contribution is 2.13. The second kappa shape index (κ2) is 7.47. The Hall–Kier alpha value is -0.850. The van der Waals surface area contributed by atoms with E-state index in [1.165, 1.54) is 0 Å². The van der Waals surface area contributed by atoms with E-state index in [0.29, 0.717) is 19.2 Å². The number of likely N-dealkylation sites (tertiary alicyclic amines) is 1. The summed E-state index contributed by atoms with van der Waals surface area (Å²) in [4.78, 5) is 8.88. The zero-order valence-electron chi connectivity index (χ0n) is 11.1. The van der Waals surface area contributed by atoms with Gasteiger partial charge in [-0.05, 0) is 33.0 Å². The van der Waals surface area contributed by atoms with Crippen molar-refractivity contribution in [3.8, 4) is 0 Å². The number of methoxy groups -OCH3 is 1. The lowest BCUT2D eigenvalue weighted by Gasteiger charge is -2.36. The fourth-order valence-corrected chi connectivity index (χ4v) is 2.06. The number of guanidine groups is 1. The molecule has 0 spiro atoms. The smallest absolute Gasteiger partial charge is 0.208 e. The zero-order chi connectivity index (χ0) is 12.7. The molecule has 6 nitrogen and oxygen atoms in total. The lowest BCUT2D eigenvalue weighted by Crippen LogP contribution is -2.50. The molecule has 6 heteroatoms. The van der Waals surface area contributed by atoms with Crippen molar-refractivity contribution in [1.82, 2.24) is 15.2 Å². The maximum Gasteiger partial charge on any atom is 0.208 e. The van der Waals surface area contributed by atoms with E-state index in [9.17, 15) is 0 Å². The third-order valence-corrected chi connectivity index (χ3v) is 3.26. The molecule has 3 N–H and O–H groups in total. The first-order chi connectivity index (χ1) is 8.19. The summed E-state index contributed by atoms with van der Waals surface area (Å²) in [5.74, 6) is 6.26. The van der Waals surface area contributed by atoms with E-state index in [-0.39, 0.29) is 0 Å². The third kappa shape index (κ3) is 4.49. The maximum atomic E-state index is 5.52. The van der Waals surface area contributed by atoms with Gasteiger partial charge in [-0.15, -0.1) is 0 Å². The molecule has 1 aliphatic rings. The average molecular weight is 243 g/mol. The molecule has 0 unspecified atom stereocenters. The van der Waals surface area contributed by atoms with Crippen LogP contribution in [0.25, 0.3) is 0 Å². The molecule has 100 valence electrons. The Morgan fingerprint density at radius 1 is 1.53 bits per heavy atom. The molecule has 17 heavy (non-hydrogen) atoms. The molecular weight excluding hydrogens is 218 g/mol. The van der Waals surface area contributed by atoms with Crippen LogP contribution < -0.4 is 11.3 Å². The first kappa shape index (κ1) is 14.2. The quantitative estimate of drug-likeness (QED) is 0.229. The van der Waals surface area contributed by atoms with Crippen molar-refractivity contribution in [1.29, 1.82) is 0 Å². The molecule has 0 bridgehead atoms. The predicted molar refractivity (Wildman–Crippen MR) is 69.8 cm³/mol. The molecule has 0 aliphatic carbocycles. The highest BCUT2D eigenvalue weighted by Gasteiger charge is 2.22. The molecule has 0 aromatic carbocycles. The molecular formula is C11H25N5O. The predicted octanol–water partition coefficient (Wildman–Crippen LogP) is -0.522. The van der Waals surface area contributed by atoms with E-state index in [0.717, 1.165) is 31.9 Å². The fourth-order valence-electron chi connectivity index (χ4n) is 2.06. The van der Waals surface area contributed by atoms with E-state index in [4.69, 9.17) is 10.6 Å². The molecule has 0 aromatic rings. The van der Waals surface area contributed by atoms with Crippen molar-refractivity contribution in [2.24, 2.45) is 10.8 Å².